The summed E-state index contributed by atoms with van der Waals surface area (Å²) in [5.41, 5.74) is 0.199. The number of sulfonamides is 1. The maximum absolute atomic E-state index is 13.2. The van der Waals surface area contributed by atoms with Crippen LogP contribution in [0.5, 0.6) is 0 Å². The second kappa shape index (κ2) is 4.42. The van der Waals surface area contributed by atoms with Gasteiger partial charge in [-0.05, 0) is 24.7 Å². The fourth-order valence-corrected chi connectivity index (χ4v) is 2.01. The SMILES string of the molecule is CNS(=O)(=O)c1cc(CCl)cc(F)c1F. The highest BCUT2D eigenvalue weighted by atomic mass is 35.5. The monoisotopic (exact) mass is 255 g/mol. The Morgan fingerprint density at radius 1 is 1.40 bits per heavy atom. The predicted octanol–water partition coefficient (Wildman–Crippen LogP) is 1.61. The van der Waals surface area contributed by atoms with Crippen LogP contribution in [0.3, 0.4) is 0 Å². The van der Waals surface area contributed by atoms with E-state index in [4.69, 9.17) is 11.6 Å². The molecule has 0 fully saturated rings. The molecular weight excluding hydrogens is 248 g/mol. The van der Waals surface area contributed by atoms with Crippen molar-refractivity contribution in [3.05, 3.63) is 29.3 Å². The van der Waals surface area contributed by atoms with E-state index in [0.29, 0.717) is 0 Å². The Bertz CT molecular complexity index is 476. The minimum Gasteiger partial charge on any atom is -0.214 e. The lowest BCUT2D eigenvalue weighted by Crippen LogP contribution is -2.20. The lowest BCUT2D eigenvalue weighted by molar-refractivity contribution is 0.482. The molecule has 0 saturated carbocycles. The van der Waals surface area contributed by atoms with Crippen LogP contribution in [0.25, 0.3) is 0 Å². The lowest BCUT2D eigenvalue weighted by atomic mass is 10.2. The molecule has 15 heavy (non-hydrogen) atoms. The third-order valence-corrected chi connectivity index (χ3v) is 3.49. The van der Waals surface area contributed by atoms with E-state index in [1.807, 2.05) is 4.72 Å². The molecule has 0 heterocycles. The van der Waals surface area contributed by atoms with Crippen LogP contribution in [-0.2, 0) is 15.9 Å². The summed E-state index contributed by atoms with van der Waals surface area (Å²) in [6, 6.07) is 1.86. The average Bonchev–Trinajstić information content (AvgIpc) is 2.21. The average molecular weight is 256 g/mol. The molecule has 0 saturated heterocycles. The molecule has 1 aromatic carbocycles. The molecule has 0 aliphatic rings. The molecule has 84 valence electrons. The van der Waals surface area contributed by atoms with Gasteiger partial charge in [0.25, 0.3) is 0 Å². The van der Waals surface area contributed by atoms with Crippen molar-refractivity contribution in [3.8, 4) is 0 Å². The van der Waals surface area contributed by atoms with Crippen LogP contribution < -0.4 is 4.72 Å². The molecule has 1 aromatic rings. The fraction of sp³-hybridized carbons (Fsp3) is 0.250. The molecule has 0 amide bonds. The Kier molecular flexibility index (Phi) is 3.64. The molecule has 3 nitrogen and oxygen atoms in total. The summed E-state index contributed by atoms with van der Waals surface area (Å²) in [6.07, 6.45) is 0. The van der Waals surface area contributed by atoms with Gasteiger partial charge >= 0.3 is 0 Å². The van der Waals surface area contributed by atoms with Gasteiger partial charge in [0, 0.05) is 5.88 Å². The molecule has 1 rings (SSSR count). The number of hydrogen-bond acceptors (Lipinski definition) is 2. The van der Waals surface area contributed by atoms with Crippen LogP contribution in [0.2, 0.25) is 0 Å². The van der Waals surface area contributed by atoms with Crippen LogP contribution in [-0.4, -0.2) is 15.5 Å². The Morgan fingerprint density at radius 2 is 2.00 bits per heavy atom. The summed E-state index contributed by atoms with van der Waals surface area (Å²) < 4.78 is 50.6. The van der Waals surface area contributed by atoms with Gasteiger partial charge in [-0.1, -0.05) is 0 Å². The number of hydrogen-bond donors (Lipinski definition) is 1. The van der Waals surface area contributed by atoms with Crippen molar-refractivity contribution < 1.29 is 17.2 Å². The second-order valence-electron chi connectivity index (χ2n) is 2.73. The normalized spacial score (nSPS) is 11.7. The van der Waals surface area contributed by atoms with E-state index >= 15 is 0 Å². The lowest BCUT2D eigenvalue weighted by Gasteiger charge is -2.06. The Balaban J connectivity index is 3.48. The fourth-order valence-electron chi connectivity index (χ4n) is 1.000. The van der Waals surface area contributed by atoms with Gasteiger partial charge in [-0.2, -0.15) is 0 Å². The molecule has 0 atom stereocenters. The summed E-state index contributed by atoms with van der Waals surface area (Å²) in [4.78, 5) is -0.736. The Morgan fingerprint density at radius 3 is 2.47 bits per heavy atom. The van der Waals surface area contributed by atoms with Crippen molar-refractivity contribution >= 4 is 21.6 Å². The molecule has 7 heteroatoms. The van der Waals surface area contributed by atoms with Gasteiger partial charge in [0.2, 0.25) is 10.0 Å². The molecular formula is C8H8ClF2NO2S. The van der Waals surface area contributed by atoms with Crippen molar-refractivity contribution in [1.29, 1.82) is 0 Å². The predicted molar refractivity (Wildman–Crippen MR) is 52.2 cm³/mol. The second-order valence-corrected chi connectivity index (χ2v) is 4.85. The minimum atomic E-state index is -4.01. The number of rotatable bonds is 3. The number of alkyl halides is 1. The summed E-state index contributed by atoms with van der Waals surface area (Å²) in [5.74, 6) is -2.73. The van der Waals surface area contributed by atoms with E-state index in [0.717, 1.165) is 19.2 Å². The van der Waals surface area contributed by atoms with Gasteiger partial charge < -0.3 is 0 Å². The molecule has 0 unspecified atom stereocenters. The zero-order chi connectivity index (χ0) is 11.6. The maximum Gasteiger partial charge on any atom is 0.243 e. The molecule has 0 spiro atoms. The van der Waals surface area contributed by atoms with Crippen molar-refractivity contribution in [2.75, 3.05) is 7.05 Å². The molecule has 0 aliphatic heterocycles. The van der Waals surface area contributed by atoms with E-state index in [2.05, 4.69) is 0 Å². The third-order valence-electron chi connectivity index (χ3n) is 1.77. The first-order chi connectivity index (χ1) is 6.92. The number of benzene rings is 1. The molecule has 0 aromatic heterocycles. The Labute approximate surface area is 91.1 Å². The van der Waals surface area contributed by atoms with Crippen LogP contribution in [0.4, 0.5) is 8.78 Å². The first-order valence-electron chi connectivity index (χ1n) is 3.90. The molecule has 1 N–H and O–H groups in total. The van der Waals surface area contributed by atoms with Crippen molar-refractivity contribution in [1.82, 2.24) is 4.72 Å². The summed E-state index contributed by atoms with van der Waals surface area (Å²) >= 11 is 5.41. The number of halogens is 3. The summed E-state index contributed by atoms with van der Waals surface area (Å²) in [7, 11) is -2.90. The maximum atomic E-state index is 13.2. The van der Waals surface area contributed by atoms with E-state index in [1.54, 1.807) is 0 Å². The van der Waals surface area contributed by atoms with E-state index in [-0.39, 0.29) is 11.4 Å². The van der Waals surface area contributed by atoms with Gasteiger partial charge in [0.1, 0.15) is 4.90 Å². The van der Waals surface area contributed by atoms with Crippen LogP contribution >= 0.6 is 11.6 Å². The van der Waals surface area contributed by atoms with Crippen LogP contribution in [0, 0.1) is 11.6 Å². The van der Waals surface area contributed by atoms with Crippen molar-refractivity contribution in [3.63, 3.8) is 0 Å². The van der Waals surface area contributed by atoms with Gasteiger partial charge in [-0.15, -0.1) is 11.6 Å². The molecule has 0 aliphatic carbocycles. The first-order valence-corrected chi connectivity index (χ1v) is 5.91. The van der Waals surface area contributed by atoms with Crippen LogP contribution in [0.1, 0.15) is 5.56 Å². The highest BCUT2D eigenvalue weighted by Gasteiger charge is 2.21. The highest BCUT2D eigenvalue weighted by Crippen LogP contribution is 2.20. The zero-order valence-corrected chi connectivity index (χ0v) is 9.29. The van der Waals surface area contributed by atoms with E-state index in [1.165, 1.54) is 0 Å². The van der Waals surface area contributed by atoms with Crippen molar-refractivity contribution in [2.45, 2.75) is 10.8 Å². The Hall–Kier alpha value is -0.720. The summed E-state index contributed by atoms with van der Waals surface area (Å²) in [5, 5.41) is 0. The van der Waals surface area contributed by atoms with E-state index in [9.17, 15) is 17.2 Å². The van der Waals surface area contributed by atoms with Gasteiger partial charge in [-0.25, -0.2) is 21.9 Å². The zero-order valence-electron chi connectivity index (χ0n) is 7.72. The highest BCUT2D eigenvalue weighted by molar-refractivity contribution is 7.89. The topological polar surface area (TPSA) is 46.2 Å². The van der Waals surface area contributed by atoms with Gasteiger partial charge in [0.05, 0.1) is 0 Å². The quantitative estimate of drug-likeness (QED) is 0.834. The van der Waals surface area contributed by atoms with Gasteiger partial charge in [-0.3, -0.25) is 0 Å². The standard InChI is InChI=1S/C8H8ClF2NO2S/c1-12-15(13,14)7-3-5(4-9)2-6(10)8(7)11/h2-3,12H,4H2,1H3. The third kappa shape index (κ3) is 2.45. The summed E-state index contributed by atoms with van der Waals surface area (Å²) in [6.45, 7) is 0. The van der Waals surface area contributed by atoms with E-state index < -0.39 is 26.6 Å². The smallest absolute Gasteiger partial charge is 0.214 e. The minimum absolute atomic E-state index is 0.0938. The van der Waals surface area contributed by atoms with Crippen LogP contribution in [0.15, 0.2) is 17.0 Å². The largest absolute Gasteiger partial charge is 0.243 e. The molecule has 0 bridgehead atoms. The van der Waals surface area contributed by atoms with Gasteiger partial charge in [0.15, 0.2) is 11.6 Å². The first kappa shape index (κ1) is 12.4. The molecule has 0 radical (unpaired) electrons. The number of nitrogens with one attached hydrogen (secondary N) is 1. The van der Waals surface area contributed by atoms with Crippen molar-refractivity contribution in [2.24, 2.45) is 0 Å².